The maximum absolute atomic E-state index is 13.7. The third-order valence-corrected chi connectivity index (χ3v) is 5.71. The fraction of sp³-hybridized carbons (Fsp3) is 0.500. The van der Waals surface area contributed by atoms with E-state index in [0.29, 0.717) is 11.8 Å². The Kier molecular flexibility index (Phi) is 5.73. The van der Waals surface area contributed by atoms with Crippen LogP contribution in [0.5, 0.6) is 0 Å². The molecule has 5 nitrogen and oxygen atoms in total. The molecule has 1 fully saturated rings. The molecule has 1 aliphatic rings. The smallest absolute Gasteiger partial charge is 0.277 e. The third kappa shape index (κ3) is 4.39. The van der Waals surface area contributed by atoms with Crippen LogP contribution in [0.25, 0.3) is 11.5 Å². The van der Waals surface area contributed by atoms with Gasteiger partial charge in [0.2, 0.25) is 5.91 Å². The van der Waals surface area contributed by atoms with Crippen molar-refractivity contribution in [3.05, 3.63) is 30.1 Å². The Bertz CT molecular complexity index is 737. The summed E-state index contributed by atoms with van der Waals surface area (Å²) >= 11 is 1.17. The first-order valence-electron chi connectivity index (χ1n) is 8.55. The van der Waals surface area contributed by atoms with Crippen LogP contribution >= 0.6 is 11.8 Å². The van der Waals surface area contributed by atoms with Crippen LogP contribution < -0.4 is 5.32 Å². The monoisotopic (exact) mass is 363 g/mol. The summed E-state index contributed by atoms with van der Waals surface area (Å²) in [6, 6.07) is 6.45. The quantitative estimate of drug-likeness (QED) is 0.816. The predicted molar refractivity (Wildman–Crippen MR) is 94.5 cm³/mol. The van der Waals surface area contributed by atoms with E-state index < -0.39 is 5.82 Å². The average molecular weight is 363 g/mol. The van der Waals surface area contributed by atoms with Gasteiger partial charge in [0.1, 0.15) is 5.82 Å². The molecule has 0 bridgehead atoms. The Balaban J connectivity index is 1.54. The zero-order valence-electron chi connectivity index (χ0n) is 14.4. The van der Waals surface area contributed by atoms with Gasteiger partial charge in [0, 0.05) is 6.04 Å². The highest BCUT2D eigenvalue weighted by atomic mass is 32.2. The highest BCUT2D eigenvalue weighted by Gasteiger charge is 2.28. The van der Waals surface area contributed by atoms with Crippen LogP contribution in [0.4, 0.5) is 4.39 Å². The molecule has 1 aromatic carbocycles. The molecule has 0 saturated heterocycles. The van der Waals surface area contributed by atoms with E-state index in [0.717, 1.165) is 12.8 Å². The van der Waals surface area contributed by atoms with E-state index in [1.54, 1.807) is 18.2 Å². The lowest BCUT2D eigenvalue weighted by molar-refractivity contribution is -0.120. The molecule has 0 radical (unpaired) electrons. The molecule has 2 aromatic rings. The molecule has 1 aliphatic carbocycles. The van der Waals surface area contributed by atoms with Crippen LogP contribution in [0.2, 0.25) is 0 Å². The van der Waals surface area contributed by atoms with Crippen molar-refractivity contribution in [2.45, 2.75) is 44.4 Å². The maximum atomic E-state index is 13.7. The SMILES string of the molecule is C[C@@H]1[C@@H](C)CCC[C@H]1NC(=O)CSc1nnc(-c2ccccc2F)o1. The Morgan fingerprint density at radius 3 is 2.92 bits per heavy atom. The second-order valence-corrected chi connectivity index (χ2v) is 7.51. The predicted octanol–water partition coefficient (Wildman–Crippen LogP) is 3.91. The number of rotatable bonds is 5. The van der Waals surface area contributed by atoms with Crippen molar-refractivity contribution in [1.29, 1.82) is 0 Å². The van der Waals surface area contributed by atoms with E-state index in [1.165, 1.54) is 24.2 Å². The maximum Gasteiger partial charge on any atom is 0.277 e. The van der Waals surface area contributed by atoms with Gasteiger partial charge in [-0.15, -0.1) is 10.2 Å². The molecule has 1 aromatic heterocycles. The summed E-state index contributed by atoms with van der Waals surface area (Å²) in [7, 11) is 0. The van der Waals surface area contributed by atoms with Gasteiger partial charge in [0.15, 0.2) is 0 Å². The number of amides is 1. The summed E-state index contributed by atoms with van der Waals surface area (Å²) in [5.41, 5.74) is 0.260. The van der Waals surface area contributed by atoms with E-state index in [9.17, 15) is 9.18 Å². The van der Waals surface area contributed by atoms with Gasteiger partial charge in [-0.3, -0.25) is 4.79 Å². The van der Waals surface area contributed by atoms with Crippen molar-refractivity contribution in [3.8, 4) is 11.5 Å². The number of nitrogens with zero attached hydrogens (tertiary/aromatic N) is 2. The van der Waals surface area contributed by atoms with Crippen molar-refractivity contribution >= 4 is 17.7 Å². The third-order valence-electron chi connectivity index (χ3n) is 4.89. The molecule has 0 spiro atoms. The van der Waals surface area contributed by atoms with Crippen LogP contribution in [-0.2, 0) is 4.79 Å². The Morgan fingerprint density at radius 1 is 1.32 bits per heavy atom. The first-order chi connectivity index (χ1) is 12.0. The lowest BCUT2D eigenvalue weighted by atomic mass is 9.78. The molecule has 3 rings (SSSR count). The molecule has 7 heteroatoms. The summed E-state index contributed by atoms with van der Waals surface area (Å²) in [6.45, 7) is 4.43. The van der Waals surface area contributed by atoms with Gasteiger partial charge in [-0.25, -0.2) is 4.39 Å². The topological polar surface area (TPSA) is 68.0 Å². The number of carbonyl (C=O) groups excluding carboxylic acids is 1. The molecule has 1 heterocycles. The van der Waals surface area contributed by atoms with E-state index in [1.807, 2.05) is 0 Å². The van der Waals surface area contributed by atoms with Gasteiger partial charge in [0.25, 0.3) is 11.1 Å². The second kappa shape index (κ2) is 7.99. The minimum absolute atomic E-state index is 0.0402. The fourth-order valence-electron chi connectivity index (χ4n) is 3.17. The number of hydrogen-bond acceptors (Lipinski definition) is 5. The summed E-state index contributed by atoms with van der Waals surface area (Å²) in [6.07, 6.45) is 3.41. The second-order valence-electron chi connectivity index (χ2n) is 6.58. The van der Waals surface area contributed by atoms with Crippen molar-refractivity contribution in [2.75, 3.05) is 5.75 Å². The van der Waals surface area contributed by atoms with E-state index >= 15 is 0 Å². The molecular formula is C18H22FN3O2S. The van der Waals surface area contributed by atoms with E-state index in [-0.39, 0.29) is 34.4 Å². The van der Waals surface area contributed by atoms with E-state index in [4.69, 9.17) is 4.42 Å². The molecule has 0 unspecified atom stereocenters. The summed E-state index contributed by atoms with van der Waals surface area (Å²) in [5, 5.41) is 11.1. The number of thioether (sulfide) groups is 1. The lowest BCUT2D eigenvalue weighted by Crippen LogP contribution is -2.44. The molecule has 25 heavy (non-hydrogen) atoms. The fourth-order valence-corrected chi connectivity index (χ4v) is 3.75. The van der Waals surface area contributed by atoms with Crippen molar-refractivity contribution in [2.24, 2.45) is 11.8 Å². The summed E-state index contributed by atoms with van der Waals surface area (Å²) in [4.78, 5) is 12.2. The zero-order valence-corrected chi connectivity index (χ0v) is 15.2. The number of halogens is 1. The van der Waals surface area contributed by atoms with Crippen LogP contribution in [0.1, 0.15) is 33.1 Å². The van der Waals surface area contributed by atoms with E-state index in [2.05, 4.69) is 29.4 Å². The Morgan fingerprint density at radius 2 is 2.12 bits per heavy atom. The average Bonchev–Trinajstić information content (AvgIpc) is 3.06. The van der Waals surface area contributed by atoms with Crippen molar-refractivity contribution < 1.29 is 13.6 Å². The molecule has 1 N–H and O–H groups in total. The van der Waals surface area contributed by atoms with Crippen molar-refractivity contribution in [1.82, 2.24) is 15.5 Å². The normalized spacial score (nSPS) is 23.4. The number of hydrogen-bond donors (Lipinski definition) is 1. The Hall–Kier alpha value is -1.89. The van der Waals surface area contributed by atoms with Gasteiger partial charge in [0.05, 0.1) is 11.3 Å². The standard InChI is InChI=1S/C18H22FN3O2S/c1-11-6-5-9-15(12(11)2)20-16(23)10-25-18-22-21-17(24-18)13-7-3-4-8-14(13)19/h3-4,7-8,11-12,15H,5-6,9-10H2,1-2H3,(H,20,23)/t11-,12+,15+/m0/s1. The van der Waals surface area contributed by atoms with Gasteiger partial charge < -0.3 is 9.73 Å². The van der Waals surface area contributed by atoms with Gasteiger partial charge >= 0.3 is 0 Å². The number of benzene rings is 1. The first-order valence-corrected chi connectivity index (χ1v) is 9.53. The zero-order chi connectivity index (χ0) is 17.8. The van der Waals surface area contributed by atoms with Crippen LogP contribution in [-0.4, -0.2) is 27.9 Å². The van der Waals surface area contributed by atoms with Gasteiger partial charge in [-0.05, 0) is 30.4 Å². The van der Waals surface area contributed by atoms with Crippen LogP contribution in [0.15, 0.2) is 33.9 Å². The highest BCUT2D eigenvalue weighted by Crippen LogP contribution is 2.30. The van der Waals surface area contributed by atoms with Gasteiger partial charge in [-0.2, -0.15) is 0 Å². The minimum Gasteiger partial charge on any atom is -0.411 e. The minimum atomic E-state index is -0.416. The number of carbonyl (C=O) groups is 1. The van der Waals surface area contributed by atoms with Crippen LogP contribution in [0.3, 0.4) is 0 Å². The van der Waals surface area contributed by atoms with Crippen molar-refractivity contribution in [3.63, 3.8) is 0 Å². The molecular weight excluding hydrogens is 341 g/mol. The molecule has 0 aliphatic heterocycles. The first kappa shape index (κ1) is 17.9. The summed E-state index contributed by atoms with van der Waals surface area (Å²) in [5.74, 6) is 0.985. The molecule has 3 atom stereocenters. The largest absolute Gasteiger partial charge is 0.411 e. The lowest BCUT2D eigenvalue weighted by Gasteiger charge is -2.34. The molecule has 1 saturated carbocycles. The number of aromatic nitrogens is 2. The number of nitrogens with one attached hydrogen (secondary N) is 1. The molecule has 1 amide bonds. The summed E-state index contributed by atoms with van der Waals surface area (Å²) < 4.78 is 19.2. The Labute approximate surface area is 150 Å². The van der Waals surface area contributed by atoms with Gasteiger partial charge in [-0.1, -0.05) is 50.6 Å². The molecule has 134 valence electrons. The highest BCUT2D eigenvalue weighted by molar-refractivity contribution is 7.99. The van der Waals surface area contributed by atoms with Crippen LogP contribution in [0, 0.1) is 17.7 Å².